The Kier molecular flexibility index (Phi) is 5.67. The van der Waals surface area contributed by atoms with E-state index in [1.54, 1.807) is 0 Å². The van der Waals surface area contributed by atoms with Crippen LogP contribution >= 0.6 is 45.9 Å². The maximum absolute atomic E-state index is 6.23. The molecule has 5 aromatic carbocycles. The maximum Gasteiger partial charge on any atom is 0.0542 e. The molecule has 0 saturated heterocycles. The molecule has 0 atom stereocenters. The number of rotatable bonds is 4. The molecule has 0 aliphatic heterocycles. The molecule has 2 heterocycles. The smallest absolute Gasteiger partial charge is 0.0542 e. The summed E-state index contributed by atoms with van der Waals surface area (Å²) < 4.78 is 5.26. The van der Waals surface area contributed by atoms with Gasteiger partial charge in [-0.05, 0) is 77.9 Å². The highest BCUT2D eigenvalue weighted by molar-refractivity contribution is 7.36. The molecule has 5 heteroatoms. The van der Waals surface area contributed by atoms with E-state index in [1.165, 1.54) is 40.7 Å². The first kappa shape index (κ1) is 22.8. The van der Waals surface area contributed by atoms with Gasteiger partial charge in [-0.3, -0.25) is 0 Å². The molecule has 0 fully saturated rings. The summed E-state index contributed by atoms with van der Waals surface area (Å²) in [6.07, 6.45) is 0. The van der Waals surface area contributed by atoms with Crippen LogP contribution in [0.2, 0.25) is 10.0 Å². The number of benzene rings is 5. The number of hydrogen-bond acceptors (Lipinski definition) is 3. The molecule has 0 amide bonds. The summed E-state index contributed by atoms with van der Waals surface area (Å²) in [7, 11) is 0. The van der Waals surface area contributed by atoms with Crippen molar-refractivity contribution < 1.29 is 0 Å². The second kappa shape index (κ2) is 9.20. The number of nitrogens with zero attached hydrogens (tertiary/aromatic N) is 1. The van der Waals surface area contributed by atoms with Gasteiger partial charge >= 0.3 is 0 Å². The van der Waals surface area contributed by atoms with E-state index in [0.717, 1.165) is 27.1 Å². The van der Waals surface area contributed by atoms with Crippen molar-refractivity contribution in [3.05, 3.63) is 125 Å². The van der Waals surface area contributed by atoms with E-state index in [9.17, 15) is 0 Å². The highest BCUT2D eigenvalue weighted by atomic mass is 35.5. The van der Waals surface area contributed by atoms with Gasteiger partial charge in [-0.15, -0.1) is 22.7 Å². The summed E-state index contributed by atoms with van der Waals surface area (Å²) in [5.41, 5.74) is 5.68. The van der Waals surface area contributed by atoms with Crippen LogP contribution in [0.1, 0.15) is 0 Å². The normalized spacial score (nSPS) is 11.5. The first-order valence-corrected chi connectivity index (χ1v) is 14.3. The van der Waals surface area contributed by atoms with Crippen molar-refractivity contribution in [1.82, 2.24) is 0 Å². The molecular weight excluding hydrogens is 533 g/mol. The van der Waals surface area contributed by atoms with Crippen molar-refractivity contribution in [2.45, 2.75) is 0 Å². The lowest BCUT2D eigenvalue weighted by atomic mass is 10.0. The second-order valence-electron chi connectivity index (χ2n) is 8.91. The van der Waals surface area contributed by atoms with Crippen molar-refractivity contribution >= 4 is 92.5 Å². The van der Waals surface area contributed by atoms with Crippen LogP contribution in [-0.2, 0) is 0 Å². The van der Waals surface area contributed by atoms with Gasteiger partial charge in [0, 0.05) is 47.3 Å². The average molecular weight is 553 g/mol. The summed E-state index contributed by atoms with van der Waals surface area (Å²) in [5.74, 6) is 0. The number of halogens is 2. The number of hydrogen-bond donors (Lipinski definition) is 0. The molecule has 2 aromatic heterocycles. The third-order valence-electron chi connectivity index (χ3n) is 6.60. The van der Waals surface area contributed by atoms with Crippen LogP contribution in [0.25, 0.3) is 40.7 Å². The van der Waals surface area contributed by atoms with E-state index in [4.69, 9.17) is 23.2 Å². The van der Waals surface area contributed by atoms with Gasteiger partial charge in [0.25, 0.3) is 0 Å². The topological polar surface area (TPSA) is 3.24 Å². The third kappa shape index (κ3) is 4.09. The van der Waals surface area contributed by atoms with Crippen molar-refractivity contribution in [3.8, 4) is 11.1 Å². The standard InChI is InChI=1S/C32H19Cl2NS2/c33-22-9-14-26(15-10-22)35(24-4-2-1-3-5-24)25-12-6-20(7-13-25)21-8-16-27-29(18-21)36-32-28-17-11-23(34)19-30(28)37-31(27)32/h1-19H. The molecule has 37 heavy (non-hydrogen) atoms. The minimum Gasteiger partial charge on any atom is -0.311 e. The maximum atomic E-state index is 6.23. The zero-order chi connectivity index (χ0) is 24.9. The van der Waals surface area contributed by atoms with Crippen LogP contribution in [0.4, 0.5) is 17.1 Å². The lowest BCUT2D eigenvalue weighted by Crippen LogP contribution is -2.09. The Labute approximate surface area is 232 Å². The predicted molar refractivity (Wildman–Crippen MR) is 165 cm³/mol. The van der Waals surface area contributed by atoms with Crippen LogP contribution < -0.4 is 4.90 Å². The molecule has 0 aliphatic rings. The van der Waals surface area contributed by atoms with Gasteiger partial charge in [-0.25, -0.2) is 0 Å². The molecule has 0 bridgehead atoms. The Morgan fingerprint density at radius 2 is 0.973 bits per heavy atom. The predicted octanol–water partition coefficient (Wildman–Crippen LogP) is 11.7. The minimum absolute atomic E-state index is 0.729. The Balaban J connectivity index is 1.27. The van der Waals surface area contributed by atoms with Gasteiger partial charge in [-0.1, -0.05) is 71.7 Å². The zero-order valence-electron chi connectivity index (χ0n) is 19.5. The Hall–Kier alpha value is -3.34. The summed E-state index contributed by atoms with van der Waals surface area (Å²) in [5, 5.41) is 4.13. The van der Waals surface area contributed by atoms with Crippen LogP contribution in [-0.4, -0.2) is 0 Å². The molecule has 0 unspecified atom stereocenters. The number of thiophene rings is 2. The fraction of sp³-hybridized carbons (Fsp3) is 0. The van der Waals surface area contributed by atoms with Gasteiger partial charge in [0.2, 0.25) is 0 Å². The second-order valence-corrected chi connectivity index (χ2v) is 11.9. The first-order chi connectivity index (χ1) is 18.1. The molecule has 1 nitrogen and oxygen atoms in total. The fourth-order valence-corrected chi connectivity index (χ4v) is 7.92. The van der Waals surface area contributed by atoms with Gasteiger partial charge in [0.05, 0.1) is 9.40 Å². The van der Waals surface area contributed by atoms with Crippen molar-refractivity contribution in [1.29, 1.82) is 0 Å². The Bertz CT molecular complexity index is 1890. The summed E-state index contributed by atoms with van der Waals surface area (Å²) in [4.78, 5) is 2.24. The molecule has 7 rings (SSSR count). The van der Waals surface area contributed by atoms with E-state index in [0.29, 0.717) is 0 Å². The van der Waals surface area contributed by atoms with Gasteiger partial charge in [0.1, 0.15) is 0 Å². The number of para-hydroxylation sites is 1. The summed E-state index contributed by atoms with van der Waals surface area (Å²) in [6, 6.07) is 40.2. The molecular formula is C32H19Cl2NS2. The lowest BCUT2D eigenvalue weighted by Gasteiger charge is -2.25. The minimum atomic E-state index is 0.729. The van der Waals surface area contributed by atoms with Crippen molar-refractivity contribution in [3.63, 3.8) is 0 Å². The molecule has 0 spiro atoms. The van der Waals surface area contributed by atoms with Gasteiger partial charge < -0.3 is 4.90 Å². The molecule has 0 radical (unpaired) electrons. The summed E-state index contributed by atoms with van der Waals surface area (Å²) in [6.45, 7) is 0. The summed E-state index contributed by atoms with van der Waals surface area (Å²) >= 11 is 16.1. The third-order valence-corrected chi connectivity index (χ3v) is 9.59. The van der Waals surface area contributed by atoms with Crippen LogP contribution in [0, 0.1) is 0 Å². The first-order valence-electron chi connectivity index (χ1n) is 11.9. The average Bonchev–Trinajstić information content (AvgIpc) is 3.46. The SMILES string of the molecule is Clc1ccc(N(c2ccccc2)c2ccc(-c3ccc4c(c3)sc3c5ccc(Cl)cc5sc43)cc2)cc1. The van der Waals surface area contributed by atoms with E-state index in [2.05, 4.69) is 95.9 Å². The monoisotopic (exact) mass is 551 g/mol. The van der Waals surface area contributed by atoms with E-state index >= 15 is 0 Å². The van der Waals surface area contributed by atoms with Crippen molar-refractivity contribution in [2.24, 2.45) is 0 Å². The molecule has 0 saturated carbocycles. The Morgan fingerprint density at radius 1 is 0.459 bits per heavy atom. The van der Waals surface area contributed by atoms with E-state index in [1.807, 2.05) is 46.9 Å². The van der Waals surface area contributed by atoms with Gasteiger partial charge in [-0.2, -0.15) is 0 Å². The molecule has 0 aliphatic carbocycles. The largest absolute Gasteiger partial charge is 0.311 e. The van der Waals surface area contributed by atoms with Crippen LogP contribution in [0.5, 0.6) is 0 Å². The van der Waals surface area contributed by atoms with Gasteiger partial charge in [0.15, 0.2) is 0 Å². The molecule has 7 aromatic rings. The van der Waals surface area contributed by atoms with Crippen LogP contribution in [0.15, 0.2) is 115 Å². The highest BCUT2D eigenvalue weighted by Gasteiger charge is 2.15. The Morgan fingerprint density at radius 3 is 1.65 bits per heavy atom. The zero-order valence-corrected chi connectivity index (χ0v) is 22.6. The number of anilines is 3. The van der Waals surface area contributed by atoms with E-state index in [-0.39, 0.29) is 0 Å². The fourth-order valence-electron chi connectivity index (χ4n) is 4.83. The van der Waals surface area contributed by atoms with Crippen LogP contribution in [0.3, 0.4) is 0 Å². The van der Waals surface area contributed by atoms with Crippen molar-refractivity contribution in [2.75, 3.05) is 4.90 Å². The number of fused-ring (bicyclic) bond motifs is 5. The molecule has 178 valence electrons. The molecule has 0 N–H and O–H groups in total. The lowest BCUT2D eigenvalue weighted by molar-refractivity contribution is 1.28. The van der Waals surface area contributed by atoms with E-state index < -0.39 is 0 Å². The highest BCUT2D eigenvalue weighted by Crippen LogP contribution is 2.45. The quantitative estimate of drug-likeness (QED) is 0.210.